The van der Waals surface area contributed by atoms with Crippen molar-refractivity contribution in [2.45, 2.75) is 31.9 Å². The van der Waals surface area contributed by atoms with E-state index in [2.05, 4.69) is 4.90 Å². The third kappa shape index (κ3) is 2.20. The molecule has 2 rings (SSSR count). The van der Waals surface area contributed by atoms with E-state index in [1.165, 1.54) is 0 Å². The summed E-state index contributed by atoms with van der Waals surface area (Å²) in [5.74, 6) is 0. The van der Waals surface area contributed by atoms with Gasteiger partial charge in [-0.15, -0.1) is 0 Å². The Morgan fingerprint density at radius 2 is 2.06 bits per heavy atom. The molecule has 2 unspecified atom stereocenters. The van der Waals surface area contributed by atoms with Crippen LogP contribution in [0.5, 0.6) is 0 Å². The topological polar surface area (TPSA) is 43.7 Å². The van der Waals surface area contributed by atoms with E-state index in [1.807, 2.05) is 24.3 Å². The molecule has 0 bridgehead atoms. The van der Waals surface area contributed by atoms with E-state index < -0.39 is 6.10 Å². The maximum absolute atomic E-state index is 9.42. The molecule has 3 nitrogen and oxygen atoms in total. The van der Waals surface area contributed by atoms with Crippen LogP contribution in [0, 0.1) is 0 Å². The molecular weight excluding hydrogens is 202 g/mol. The van der Waals surface area contributed by atoms with Gasteiger partial charge in [0.25, 0.3) is 0 Å². The van der Waals surface area contributed by atoms with Crippen LogP contribution in [0.3, 0.4) is 0 Å². The maximum atomic E-state index is 9.42. The smallest absolute Gasteiger partial charge is 0.0761 e. The van der Waals surface area contributed by atoms with Gasteiger partial charge in [0.05, 0.1) is 18.8 Å². The molecule has 1 fully saturated rings. The van der Waals surface area contributed by atoms with Gasteiger partial charge in [0.2, 0.25) is 0 Å². The number of hydrogen-bond acceptors (Lipinski definition) is 3. The predicted molar refractivity (Wildman–Crippen MR) is 64.5 cm³/mol. The first kappa shape index (κ1) is 11.4. The van der Waals surface area contributed by atoms with Crippen molar-refractivity contribution in [1.29, 1.82) is 0 Å². The van der Waals surface area contributed by atoms with E-state index in [9.17, 15) is 10.2 Å². The number of aliphatic hydroxyl groups is 2. The number of benzene rings is 1. The van der Waals surface area contributed by atoms with Crippen LogP contribution in [-0.4, -0.2) is 29.4 Å². The van der Waals surface area contributed by atoms with Gasteiger partial charge in [-0.2, -0.15) is 0 Å². The first-order valence-corrected chi connectivity index (χ1v) is 5.88. The third-order valence-corrected chi connectivity index (χ3v) is 3.30. The molecule has 0 amide bonds. The average Bonchev–Trinajstić information content (AvgIpc) is 2.77. The van der Waals surface area contributed by atoms with Gasteiger partial charge in [0, 0.05) is 12.2 Å². The van der Waals surface area contributed by atoms with Crippen molar-refractivity contribution in [3.63, 3.8) is 0 Å². The van der Waals surface area contributed by atoms with Gasteiger partial charge in [-0.1, -0.05) is 12.1 Å². The molecule has 1 aromatic rings. The number of rotatable bonds is 3. The lowest BCUT2D eigenvalue weighted by atomic mass is 10.1. The number of nitrogens with zero attached hydrogens (tertiary/aromatic N) is 1. The normalized spacial score (nSPS) is 22.4. The molecule has 0 saturated carbocycles. The lowest BCUT2D eigenvalue weighted by molar-refractivity contribution is 0.199. The highest BCUT2D eigenvalue weighted by atomic mass is 16.3. The molecular formula is C13H19NO2. The second-order valence-electron chi connectivity index (χ2n) is 4.44. The summed E-state index contributed by atoms with van der Waals surface area (Å²) >= 11 is 0. The first-order valence-electron chi connectivity index (χ1n) is 5.88. The predicted octanol–water partition coefficient (Wildman–Crippen LogP) is 1.70. The lowest BCUT2D eigenvalue weighted by Gasteiger charge is -2.25. The fourth-order valence-electron chi connectivity index (χ4n) is 2.31. The Balaban J connectivity index is 2.15. The van der Waals surface area contributed by atoms with E-state index in [-0.39, 0.29) is 12.6 Å². The Kier molecular flexibility index (Phi) is 3.46. The minimum atomic E-state index is -0.415. The second kappa shape index (κ2) is 4.85. The van der Waals surface area contributed by atoms with Crippen LogP contribution in [0.2, 0.25) is 0 Å². The molecule has 16 heavy (non-hydrogen) atoms. The van der Waals surface area contributed by atoms with Crippen LogP contribution in [0.4, 0.5) is 5.69 Å². The van der Waals surface area contributed by atoms with Gasteiger partial charge in [-0.25, -0.2) is 0 Å². The Labute approximate surface area is 96.3 Å². The molecule has 0 aromatic heterocycles. The molecule has 2 N–H and O–H groups in total. The highest BCUT2D eigenvalue weighted by Gasteiger charge is 2.23. The van der Waals surface area contributed by atoms with Gasteiger partial charge in [0.1, 0.15) is 0 Å². The van der Waals surface area contributed by atoms with E-state index in [0.717, 1.165) is 30.6 Å². The van der Waals surface area contributed by atoms with Crippen molar-refractivity contribution in [3.8, 4) is 0 Å². The summed E-state index contributed by atoms with van der Waals surface area (Å²) in [5, 5.41) is 18.7. The third-order valence-electron chi connectivity index (χ3n) is 3.30. The fraction of sp³-hybridized carbons (Fsp3) is 0.538. The number of hydrogen-bond donors (Lipinski definition) is 2. The van der Waals surface area contributed by atoms with Gasteiger partial charge >= 0.3 is 0 Å². The van der Waals surface area contributed by atoms with Crippen LogP contribution in [0.15, 0.2) is 24.3 Å². The summed E-state index contributed by atoms with van der Waals surface area (Å²) in [6, 6.07) is 8.21. The standard InChI is InChI=1S/C13H19NO2/c1-10(16)11-4-6-12(7-5-11)14-8-2-3-13(14)9-15/h4-7,10,13,15-16H,2-3,8-9H2,1H3. The minimum absolute atomic E-state index is 0.220. The molecule has 88 valence electrons. The summed E-state index contributed by atoms with van der Waals surface area (Å²) < 4.78 is 0. The summed E-state index contributed by atoms with van der Waals surface area (Å²) in [7, 11) is 0. The summed E-state index contributed by atoms with van der Waals surface area (Å²) in [6.45, 7) is 3.00. The van der Waals surface area contributed by atoms with E-state index >= 15 is 0 Å². The van der Waals surface area contributed by atoms with Crippen LogP contribution >= 0.6 is 0 Å². The Morgan fingerprint density at radius 1 is 1.38 bits per heavy atom. The van der Waals surface area contributed by atoms with Crippen LogP contribution in [0.25, 0.3) is 0 Å². The zero-order valence-corrected chi connectivity index (χ0v) is 9.63. The zero-order chi connectivity index (χ0) is 11.5. The quantitative estimate of drug-likeness (QED) is 0.816. The average molecular weight is 221 g/mol. The van der Waals surface area contributed by atoms with Crippen molar-refractivity contribution in [2.75, 3.05) is 18.1 Å². The molecule has 1 heterocycles. The van der Waals surface area contributed by atoms with Crippen molar-refractivity contribution in [3.05, 3.63) is 29.8 Å². The summed E-state index contributed by atoms with van der Waals surface area (Å²) in [6.07, 6.45) is 1.79. The SMILES string of the molecule is CC(O)c1ccc(N2CCCC2CO)cc1. The monoisotopic (exact) mass is 221 g/mol. The molecule has 1 aliphatic heterocycles. The van der Waals surface area contributed by atoms with Gasteiger partial charge < -0.3 is 15.1 Å². The minimum Gasteiger partial charge on any atom is -0.394 e. The van der Waals surface area contributed by atoms with Crippen molar-refractivity contribution >= 4 is 5.69 Å². The molecule has 0 spiro atoms. The first-order chi connectivity index (χ1) is 7.72. The summed E-state index contributed by atoms with van der Waals surface area (Å²) in [4.78, 5) is 2.24. The van der Waals surface area contributed by atoms with Crippen molar-refractivity contribution < 1.29 is 10.2 Å². The van der Waals surface area contributed by atoms with E-state index in [4.69, 9.17) is 0 Å². The highest BCUT2D eigenvalue weighted by Crippen LogP contribution is 2.26. The molecule has 1 saturated heterocycles. The number of anilines is 1. The summed E-state index contributed by atoms with van der Waals surface area (Å²) in [5.41, 5.74) is 2.07. The molecule has 1 aromatic carbocycles. The van der Waals surface area contributed by atoms with E-state index in [1.54, 1.807) is 6.92 Å². The van der Waals surface area contributed by atoms with Gasteiger partial charge in [0.15, 0.2) is 0 Å². The molecule has 0 radical (unpaired) electrons. The zero-order valence-electron chi connectivity index (χ0n) is 9.63. The molecule has 2 atom stereocenters. The number of aliphatic hydroxyl groups excluding tert-OH is 2. The second-order valence-corrected chi connectivity index (χ2v) is 4.44. The van der Waals surface area contributed by atoms with Crippen molar-refractivity contribution in [2.24, 2.45) is 0 Å². The lowest BCUT2D eigenvalue weighted by Crippen LogP contribution is -2.31. The Hall–Kier alpha value is -1.06. The van der Waals surface area contributed by atoms with Gasteiger partial charge in [-0.05, 0) is 37.5 Å². The van der Waals surface area contributed by atoms with E-state index in [0.29, 0.717) is 0 Å². The van der Waals surface area contributed by atoms with Crippen LogP contribution < -0.4 is 4.90 Å². The fourth-order valence-corrected chi connectivity index (χ4v) is 2.31. The molecule has 1 aliphatic rings. The van der Waals surface area contributed by atoms with Crippen LogP contribution in [0.1, 0.15) is 31.4 Å². The Morgan fingerprint density at radius 3 is 2.62 bits per heavy atom. The largest absolute Gasteiger partial charge is 0.394 e. The van der Waals surface area contributed by atoms with Crippen LogP contribution in [-0.2, 0) is 0 Å². The molecule has 3 heteroatoms. The van der Waals surface area contributed by atoms with Gasteiger partial charge in [-0.3, -0.25) is 0 Å². The highest BCUT2D eigenvalue weighted by molar-refractivity contribution is 5.49. The molecule has 0 aliphatic carbocycles. The Bertz CT molecular complexity index is 334. The maximum Gasteiger partial charge on any atom is 0.0761 e. The van der Waals surface area contributed by atoms with Crippen molar-refractivity contribution in [1.82, 2.24) is 0 Å².